The van der Waals surface area contributed by atoms with Gasteiger partial charge in [0.25, 0.3) is 0 Å². The van der Waals surface area contributed by atoms with E-state index >= 15 is 0 Å². The molecule has 6 rings (SSSR count). The first-order valence-electron chi connectivity index (χ1n) is 17.4. The van der Waals surface area contributed by atoms with Crippen molar-refractivity contribution in [3.05, 3.63) is 173 Å². The monoisotopic (exact) mass is 707 g/mol. The Morgan fingerprint density at radius 3 is 2.10 bits per heavy atom. The van der Waals surface area contributed by atoms with Gasteiger partial charge in [-0.15, -0.1) is 0 Å². The molecule has 4 aromatic carbocycles. The van der Waals surface area contributed by atoms with Gasteiger partial charge >= 0.3 is 6.18 Å². The van der Waals surface area contributed by atoms with Gasteiger partial charge in [0.2, 0.25) is 5.91 Å². The summed E-state index contributed by atoms with van der Waals surface area (Å²) in [5.74, 6) is 0.580. The van der Waals surface area contributed by atoms with Crippen LogP contribution in [0.1, 0.15) is 40.7 Å². The van der Waals surface area contributed by atoms with E-state index in [4.69, 9.17) is 11.6 Å². The van der Waals surface area contributed by atoms with E-state index in [0.717, 1.165) is 59.3 Å². The Bertz CT molecular complexity index is 1860. The summed E-state index contributed by atoms with van der Waals surface area (Å²) in [5.41, 5.74) is 5.28. The summed E-state index contributed by atoms with van der Waals surface area (Å²) < 4.78 is 39.5. The Labute approximate surface area is 303 Å². The zero-order chi connectivity index (χ0) is 35.6. The van der Waals surface area contributed by atoms with Gasteiger partial charge in [0.1, 0.15) is 6.04 Å². The highest BCUT2D eigenvalue weighted by Gasteiger charge is 2.32. The number of hydrogen-bond donors (Lipinski definition) is 0. The number of pyridine rings is 1. The molecule has 2 heterocycles. The average Bonchev–Trinajstić information content (AvgIpc) is 3.15. The first-order chi connectivity index (χ1) is 24.7. The van der Waals surface area contributed by atoms with Crippen molar-refractivity contribution in [2.45, 2.75) is 50.9 Å². The molecule has 1 aliphatic heterocycles. The van der Waals surface area contributed by atoms with Crippen LogP contribution in [-0.2, 0) is 36.8 Å². The minimum Gasteiger partial charge on any atom is -0.361 e. The van der Waals surface area contributed by atoms with Crippen LogP contribution in [0.3, 0.4) is 0 Å². The Kier molecular flexibility index (Phi) is 11.9. The highest BCUT2D eigenvalue weighted by Crippen LogP contribution is 2.30. The van der Waals surface area contributed by atoms with Crippen molar-refractivity contribution in [2.75, 3.05) is 13.1 Å². The number of nitrogens with zero attached hydrogens (tertiary/aromatic N) is 3. The lowest BCUT2D eigenvalue weighted by Crippen LogP contribution is -2.50. The second-order valence-electron chi connectivity index (χ2n) is 13.2. The number of rotatable bonds is 12. The fourth-order valence-electron chi connectivity index (χ4n) is 6.65. The third kappa shape index (κ3) is 10.1. The largest absolute Gasteiger partial charge is 0.416 e. The lowest BCUT2D eigenvalue weighted by atomic mass is 9.89. The van der Waals surface area contributed by atoms with Crippen LogP contribution >= 0.6 is 11.6 Å². The standard InChI is InChI=1S/C43H41ClF3N3O/c44-39-21-15-34(16-22-39)30-41(42(51)49-27-23-35(24-28-49)29-33-7-2-1-3-8-33)50(26-6-9-32-13-19-38(20-14-32)43(45,46)47)31-36-11-17-37(18-12-36)40-10-4-5-25-48-40/h1-8,10-22,25-26,35,41H,9,23-24,27-31H2/t41-/m0/s1. The van der Waals surface area contributed by atoms with Gasteiger partial charge in [0.15, 0.2) is 0 Å². The van der Waals surface area contributed by atoms with Crippen LogP contribution in [0, 0.1) is 5.92 Å². The maximum atomic E-state index is 14.6. The molecule has 262 valence electrons. The van der Waals surface area contributed by atoms with E-state index in [1.807, 2.05) is 77.8 Å². The van der Waals surface area contributed by atoms with E-state index in [-0.39, 0.29) is 5.91 Å². The Hall–Kier alpha value is -4.88. The van der Waals surface area contributed by atoms with Gasteiger partial charge in [-0.05, 0) is 96.5 Å². The van der Waals surface area contributed by atoms with E-state index in [0.29, 0.717) is 43.4 Å². The predicted octanol–water partition coefficient (Wildman–Crippen LogP) is 10.1. The number of hydrogen-bond acceptors (Lipinski definition) is 3. The Morgan fingerprint density at radius 1 is 0.804 bits per heavy atom. The average molecular weight is 708 g/mol. The summed E-state index contributed by atoms with van der Waals surface area (Å²) >= 11 is 6.23. The maximum absolute atomic E-state index is 14.6. The van der Waals surface area contributed by atoms with Crippen molar-refractivity contribution in [1.82, 2.24) is 14.8 Å². The SMILES string of the molecule is O=C([C@H](Cc1ccc(Cl)cc1)N(C=CCc1ccc(C(F)(F)F)cc1)Cc1ccc(-c2ccccn2)cc1)N1CCC(Cc2ccccc2)CC1. The summed E-state index contributed by atoms with van der Waals surface area (Å²) in [5, 5.41) is 0.628. The van der Waals surface area contributed by atoms with Crippen molar-refractivity contribution in [2.24, 2.45) is 5.92 Å². The van der Waals surface area contributed by atoms with E-state index in [1.54, 1.807) is 6.20 Å². The van der Waals surface area contributed by atoms with Gasteiger partial charge in [-0.3, -0.25) is 9.78 Å². The van der Waals surface area contributed by atoms with Crippen molar-refractivity contribution in [3.63, 3.8) is 0 Å². The number of amides is 1. The zero-order valence-corrected chi connectivity index (χ0v) is 29.1. The van der Waals surface area contributed by atoms with Crippen LogP contribution < -0.4 is 0 Å². The maximum Gasteiger partial charge on any atom is 0.416 e. The van der Waals surface area contributed by atoms with Gasteiger partial charge in [0, 0.05) is 42.8 Å². The van der Waals surface area contributed by atoms with Crippen LogP contribution in [-0.4, -0.2) is 39.8 Å². The third-order valence-electron chi connectivity index (χ3n) is 9.53. The fourth-order valence-corrected chi connectivity index (χ4v) is 6.78. The molecule has 0 aliphatic carbocycles. The number of piperidine rings is 1. The van der Waals surface area contributed by atoms with E-state index in [9.17, 15) is 18.0 Å². The van der Waals surface area contributed by atoms with Crippen molar-refractivity contribution >= 4 is 17.5 Å². The summed E-state index contributed by atoms with van der Waals surface area (Å²) in [7, 11) is 0. The molecule has 0 spiro atoms. The molecule has 0 N–H and O–H groups in total. The van der Waals surface area contributed by atoms with E-state index in [1.165, 1.54) is 17.7 Å². The van der Waals surface area contributed by atoms with Gasteiger partial charge in [-0.1, -0.05) is 103 Å². The van der Waals surface area contributed by atoms with Crippen LogP contribution in [0.25, 0.3) is 11.3 Å². The van der Waals surface area contributed by atoms with Gasteiger partial charge in [0.05, 0.1) is 11.3 Å². The lowest BCUT2D eigenvalue weighted by Gasteiger charge is -2.38. The van der Waals surface area contributed by atoms with Crippen LogP contribution in [0.2, 0.25) is 5.02 Å². The molecule has 1 atom stereocenters. The molecule has 1 fully saturated rings. The number of allylic oxidation sites excluding steroid dienone is 1. The lowest BCUT2D eigenvalue weighted by molar-refractivity contribution is -0.138. The molecule has 8 heteroatoms. The van der Waals surface area contributed by atoms with Gasteiger partial charge in [-0.2, -0.15) is 13.2 Å². The number of likely N-dealkylation sites (tertiary alicyclic amines) is 1. The molecule has 1 aliphatic rings. The summed E-state index contributed by atoms with van der Waals surface area (Å²) in [6, 6.07) is 36.8. The molecule has 1 amide bonds. The van der Waals surface area contributed by atoms with Crippen LogP contribution in [0.5, 0.6) is 0 Å². The number of carbonyl (C=O) groups excluding carboxylic acids is 1. The van der Waals surface area contributed by atoms with Crippen molar-refractivity contribution < 1.29 is 18.0 Å². The Balaban J connectivity index is 1.26. The summed E-state index contributed by atoms with van der Waals surface area (Å²) in [4.78, 5) is 23.1. The topological polar surface area (TPSA) is 36.4 Å². The Morgan fingerprint density at radius 2 is 1.45 bits per heavy atom. The molecule has 1 saturated heterocycles. The second-order valence-corrected chi connectivity index (χ2v) is 13.6. The second kappa shape index (κ2) is 16.9. The molecule has 1 aromatic heterocycles. The minimum absolute atomic E-state index is 0.0624. The fraction of sp³-hybridized carbons (Fsp3) is 0.256. The number of halogens is 4. The van der Waals surface area contributed by atoms with Gasteiger partial charge in [-0.25, -0.2) is 0 Å². The molecule has 4 nitrogen and oxygen atoms in total. The number of alkyl halides is 3. The number of aromatic nitrogens is 1. The quantitative estimate of drug-likeness (QED) is 0.130. The zero-order valence-electron chi connectivity index (χ0n) is 28.4. The van der Waals surface area contributed by atoms with E-state index < -0.39 is 17.8 Å². The molecule has 0 saturated carbocycles. The number of benzene rings is 4. The molecule has 51 heavy (non-hydrogen) atoms. The minimum atomic E-state index is -4.39. The molecule has 5 aromatic rings. The molecule has 0 radical (unpaired) electrons. The van der Waals surface area contributed by atoms with Crippen molar-refractivity contribution in [3.8, 4) is 11.3 Å². The van der Waals surface area contributed by atoms with E-state index in [2.05, 4.69) is 46.3 Å². The smallest absolute Gasteiger partial charge is 0.361 e. The molecule has 0 bridgehead atoms. The number of carbonyl (C=O) groups is 1. The highest BCUT2D eigenvalue weighted by atomic mass is 35.5. The summed E-state index contributed by atoms with van der Waals surface area (Å²) in [6.07, 6.45) is 5.01. The summed E-state index contributed by atoms with van der Waals surface area (Å²) in [6.45, 7) is 1.84. The van der Waals surface area contributed by atoms with Crippen molar-refractivity contribution in [1.29, 1.82) is 0 Å². The molecular weight excluding hydrogens is 667 g/mol. The first kappa shape index (κ1) is 35.9. The third-order valence-corrected chi connectivity index (χ3v) is 9.78. The predicted molar refractivity (Wildman–Crippen MR) is 198 cm³/mol. The normalized spacial score (nSPS) is 14.5. The molecular formula is C43H41ClF3N3O. The van der Waals surface area contributed by atoms with Crippen LogP contribution in [0.15, 0.2) is 140 Å². The van der Waals surface area contributed by atoms with Gasteiger partial charge < -0.3 is 9.80 Å². The highest BCUT2D eigenvalue weighted by molar-refractivity contribution is 6.30. The molecule has 0 unspecified atom stereocenters. The first-order valence-corrected chi connectivity index (χ1v) is 17.7. The van der Waals surface area contributed by atoms with Crippen LogP contribution in [0.4, 0.5) is 13.2 Å².